The molecule has 0 bridgehead atoms. The summed E-state index contributed by atoms with van der Waals surface area (Å²) in [4.78, 5) is 3.92. The smallest absolute Gasteiger partial charge is 0.416 e. The molecule has 39 heavy (non-hydrogen) atoms. The van der Waals surface area contributed by atoms with Crippen molar-refractivity contribution in [1.82, 2.24) is 0 Å². The molecule has 2 atom stereocenters. The molecule has 0 aliphatic carbocycles. The Morgan fingerprint density at radius 1 is 1.08 bits per heavy atom. The first-order chi connectivity index (χ1) is 18.3. The molecule has 10 heteroatoms. The Labute approximate surface area is 229 Å². The maximum Gasteiger partial charge on any atom is 0.416 e. The summed E-state index contributed by atoms with van der Waals surface area (Å²) < 4.78 is 88.3. The number of sulfone groups is 1. The van der Waals surface area contributed by atoms with Gasteiger partial charge in [0.05, 0.1) is 27.3 Å². The second kappa shape index (κ2) is 11.1. The van der Waals surface area contributed by atoms with Gasteiger partial charge in [-0.25, -0.2) is 12.8 Å². The Bertz CT molecular complexity index is 1540. The van der Waals surface area contributed by atoms with Gasteiger partial charge in [0.1, 0.15) is 17.7 Å². The Morgan fingerprint density at radius 2 is 1.79 bits per heavy atom. The van der Waals surface area contributed by atoms with Crippen LogP contribution in [0.15, 0.2) is 70.6 Å². The molecule has 1 heterocycles. The van der Waals surface area contributed by atoms with Crippen molar-refractivity contribution in [1.29, 1.82) is 0 Å². The van der Waals surface area contributed by atoms with Crippen LogP contribution in [-0.4, -0.2) is 26.8 Å². The van der Waals surface area contributed by atoms with Gasteiger partial charge in [0.25, 0.3) is 0 Å². The first kappa shape index (κ1) is 28.8. The molecule has 206 valence electrons. The van der Waals surface area contributed by atoms with E-state index in [9.17, 15) is 26.0 Å². The number of rotatable bonds is 6. The van der Waals surface area contributed by atoms with Crippen molar-refractivity contribution in [2.45, 2.75) is 49.6 Å². The normalized spacial score (nSPS) is 17.8. The number of nitrogens with zero attached hydrogens (tertiary/aromatic N) is 1. The van der Waals surface area contributed by atoms with Gasteiger partial charge in [-0.2, -0.15) is 13.2 Å². The standard InChI is InChI=1S/C29H26ClF4NO3S/c1-17(2)35-16-21-15-27(39(36,37)22-7-4-6-20(14-22)29(32,33)34)23-13-19(10-11-26(23)38-21)12-18(3)28-24(30)8-5-9-25(28)31/h4-14,21,27H,15-16H2,1-3H3. The van der Waals surface area contributed by atoms with E-state index >= 15 is 0 Å². The molecule has 0 N–H and O–H groups in total. The predicted octanol–water partition coefficient (Wildman–Crippen LogP) is 8.21. The fourth-order valence-electron chi connectivity index (χ4n) is 4.51. The van der Waals surface area contributed by atoms with Gasteiger partial charge >= 0.3 is 6.18 Å². The van der Waals surface area contributed by atoms with Gasteiger partial charge in [-0.05, 0) is 74.4 Å². The molecule has 0 aromatic heterocycles. The molecule has 3 aromatic carbocycles. The van der Waals surface area contributed by atoms with E-state index in [0.29, 0.717) is 28.5 Å². The molecule has 0 saturated carbocycles. The van der Waals surface area contributed by atoms with E-state index in [2.05, 4.69) is 4.99 Å². The van der Waals surface area contributed by atoms with Crippen LogP contribution >= 0.6 is 11.6 Å². The van der Waals surface area contributed by atoms with Crippen LogP contribution in [0.1, 0.15) is 54.7 Å². The minimum Gasteiger partial charge on any atom is -0.488 e. The fourth-order valence-corrected chi connectivity index (χ4v) is 6.70. The number of halogens is 5. The first-order valence-corrected chi connectivity index (χ1v) is 14.0. The second-order valence-corrected chi connectivity index (χ2v) is 12.1. The van der Waals surface area contributed by atoms with Gasteiger partial charge in [0, 0.05) is 23.3 Å². The topological polar surface area (TPSA) is 55.7 Å². The van der Waals surface area contributed by atoms with Crippen LogP contribution in [0, 0.1) is 5.82 Å². The molecule has 0 spiro atoms. The average Bonchev–Trinajstić information content (AvgIpc) is 2.86. The van der Waals surface area contributed by atoms with Crippen LogP contribution in [0.5, 0.6) is 5.75 Å². The number of hydrogen-bond acceptors (Lipinski definition) is 4. The fraction of sp³-hybridized carbons (Fsp3) is 0.276. The Kier molecular flexibility index (Phi) is 8.23. The van der Waals surface area contributed by atoms with E-state index in [1.807, 2.05) is 0 Å². The van der Waals surface area contributed by atoms with E-state index in [1.165, 1.54) is 12.1 Å². The van der Waals surface area contributed by atoms with Crippen molar-refractivity contribution < 1.29 is 30.7 Å². The van der Waals surface area contributed by atoms with Gasteiger partial charge in [-0.1, -0.05) is 35.9 Å². The maximum atomic E-state index is 14.5. The van der Waals surface area contributed by atoms with Crippen molar-refractivity contribution in [3.63, 3.8) is 0 Å². The van der Waals surface area contributed by atoms with Gasteiger partial charge in [0.2, 0.25) is 0 Å². The molecule has 2 unspecified atom stereocenters. The molecule has 0 saturated heterocycles. The molecule has 1 aliphatic heterocycles. The molecule has 0 radical (unpaired) electrons. The Balaban J connectivity index is 1.81. The lowest BCUT2D eigenvalue weighted by molar-refractivity contribution is -0.137. The van der Waals surface area contributed by atoms with Gasteiger partial charge in [-0.3, -0.25) is 4.99 Å². The minimum absolute atomic E-state index is 0.00630. The number of allylic oxidation sites excluding steroid dienone is 1. The summed E-state index contributed by atoms with van der Waals surface area (Å²) in [6, 6.07) is 13.0. The van der Waals surface area contributed by atoms with Gasteiger partial charge in [-0.15, -0.1) is 0 Å². The van der Waals surface area contributed by atoms with Gasteiger partial charge in [0.15, 0.2) is 9.84 Å². The zero-order valence-corrected chi connectivity index (χ0v) is 23.0. The summed E-state index contributed by atoms with van der Waals surface area (Å²) in [5, 5.41) is -0.961. The minimum atomic E-state index is -4.70. The van der Waals surface area contributed by atoms with E-state index in [1.54, 1.807) is 51.1 Å². The molecule has 3 aromatic rings. The van der Waals surface area contributed by atoms with Crippen LogP contribution in [0.2, 0.25) is 5.02 Å². The van der Waals surface area contributed by atoms with Crippen LogP contribution in [0.25, 0.3) is 11.6 Å². The van der Waals surface area contributed by atoms with E-state index in [-0.39, 0.29) is 23.6 Å². The number of fused-ring (bicyclic) bond motifs is 1. The molecular formula is C29H26ClF4NO3S. The van der Waals surface area contributed by atoms with Crippen LogP contribution in [0.3, 0.4) is 0 Å². The molecule has 0 fully saturated rings. The maximum absolute atomic E-state index is 14.5. The highest BCUT2D eigenvalue weighted by Crippen LogP contribution is 2.44. The third kappa shape index (κ3) is 6.36. The van der Waals surface area contributed by atoms with Gasteiger partial charge < -0.3 is 4.74 Å². The Morgan fingerprint density at radius 3 is 2.46 bits per heavy atom. The highest BCUT2D eigenvalue weighted by molar-refractivity contribution is 7.91. The zero-order valence-electron chi connectivity index (χ0n) is 21.4. The Hall–Kier alpha value is -3.17. The average molecular weight is 580 g/mol. The number of aliphatic imine (C=N–C) groups is 1. The van der Waals surface area contributed by atoms with Crippen LogP contribution < -0.4 is 4.74 Å². The van der Waals surface area contributed by atoms with Crippen LogP contribution in [-0.2, 0) is 16.0 Å². The van der Waals surface area contributed by atoms with Crippen molar-refractivity contribution >= 4 is 38.8 Å². The predicted molar refractivity (Wildman–Crippen MR) is 145 cm³/mol. The lowest BCUT2D eigenvalue weighted by Crippen LogP contribution is -2.32. The highest BCUT2D eigenvalue weighted by Gasteiger charge is 2.39. The molecule has 1 aliphatic rings. The number of ether oxygens (including phenoxy) is 1. The summed E-state index contributed by atoms with van der Waals surface area (Å²) in [6.45, 7) is 5.48. The molecule has 4 nitrogen and oxygen atoms in total. The number of hydrogen-bond donors (Lipinski definition) is 0. The highest BCUT2D eigenvalue weighted by atomic mass is 35.5. The lowest BCUT2D eigenvalue weighted by Gasteiger charge is -2.32. The van der Waals surface area contributed by atoms with E-state index in [0.717, 1.165) is 23.9 Å². The van der Waals surface area contributed by atoms with Crippen LogP contribution in [0.4, 0.5) is 17.6 Å². The second-order valence-electron chi connectivity index (χ2n) is 9.54. The van der Waals surface area contributed by atoms with Crippen molar-refractivity contribution in [2.75, 3.05) is 6.54 Å². The first-order valence-electron chi connectivity index (χ1n) is 12.1. The van der Waals surface area contributed by atoms with Crippen molar-refractivity contribution in [3.05, 3.63) is 93.8 Å². The summed E-state index contributed by atoms with van der Waals surface area (Å²) in [5.74, 6) is -0.202. The van der Waals surface area contributed by atoms with E-state index in [4.69, 9.17) is 16.3 Å². The largest absolute Gasteiger partial charge is 0.488 e. The summed E-state index contributed by atoms with van der Waals surface area (Å²) in [6.07, 6.45) is -3.64. The monoisotopic (exact) mass is 579 g/mol. The van der Waals surface area contributed by atoms with Crippen molar-refractivity contribution in [2.24, 2.45) is 4.99 Å². The number of benzene rings is 3. The summed E-state index contributed by atoms with van der Waals surface area (Å²) in [5.41, 5.74) is 1.32. The lowest BCUT2D eigenvalue weighted by atomic mass is 9.97. The summed E-state index contributed by atoms with van der Waals surface area (Å²) in [7, 11) is -4.27. The zero-order chi connectivity index (χ0) is 28.5. The molecule has 4 rings (SSSR count). The molecular weight excluding hydrogens is 554 g/mol. The van der Waals surface area contributed by atoms with Crippen molar-refractivity contribution in [3.8, 4) is 5.75 Å². The third-order valence-corrected chi connectivity index (χ3v) is 8.79. The third-order valence-electron chi connectivity index (χ3n) is 6.37. The number of alkyl halides is 3. The summed E-state index contributed by atoms with van der Waals surface area (Å²) >= 11 is 6.20. The molecule has 0 amide bonds. The quantitative estimate of drug-likeness (QED) is 0.168. The SMILES string of the molecule is CC(=Cc1ccc2c(c1)C(S(=O)(=O)c1cccc(C(F)(F)F)c1)CC(CN=C(C)C)O2)c1c(F)cccc1Cl. The van der Waals surface area contributed by atoms with E-state index < -0.39 is 43.6 Å².